The van der Waals surface area contributed by atoms with E-state index in [0.29, 0.717) is 11.1 Å². The first-order valence-electron chi connectivity index (χ1n) is 5.84. The van der Waals surface area contributed by atoms with E-state index in [0.717, 1.165) is 0 Å². The van der Waals surface area contributed by atoms with Crippen LogP contribution in [-0.2, 0) is 22.7 Å². The molecule has 1 aromatic rings. The first kappa shape index (κ1) is 12.7. The molecule has 1 aliphatic rings. The maximum atomic E-state index is 13.3. The summed E-state index contributed by atoms with van der Waals surface area (Å²) in [6.45, 7) is 2.02. The van der Waals surface area contributed by atoms with Crippen LogP contribution in [-0.4, -0.2) is 16.7 Å². The maximum Gasteiger partial charge on any atom is 0.232 e. The zero-order valence-electron chi connectivity index (χ0n) is 10.1. The van der Waals surface area contributed by atoms with E-state index in [1.807, 2.05) is 0 Å². The zero-order valence-corrected chi connectivity index (χ0v) is 10.1. The van der Waals surface area contributed by atoms with Crippen molar-refractivity contribution in [2.75, 3.05) is 0 Å². The molecular formula is C13H15FN2O2. The molecule has 0 radical (unpaired) electrons. The van der Waals surface area contributed by atoms with E-state index < -0.39 is 0 Å². The highest BCUT2D eigenvalue weighted by molar-refractivity contribution is 6.03. The number of hydrogen-bond acceptors (Lipinski definition) is 3. The molecule has 18 heavy (non-hydrogen) atoms. The van der Waals surface area contributed by atoms with Crippen LogP contribution in [0.3, 0.4) is 0 Å². The predicted molar refractivity (Wildman–Crippen MR) is 63.6 cm³/mol. The summed E-state index contributed by atoms with van der Waals surface area (Å²) in [5.41, 5.74) is 6.52. The Kier molecular flexibility index (Phi) is 3.43. The van der Waals surface area contributed by atoms with Crippen LogP contribution in [0.4, 0.5) is 4.39 Å². The van der Waals surface area contributed by atoms with Crippen molar-refractivity contribution in [3.63, 3.8) is 0 Å². The fourth-order valence-electron chi connectivity index (χ4n) is 2.08. The molecule has 1 aromatic carbocycles. The van der Waals surface area contributed by atoms with Crippen molar-refractivity contribution in [1.29, 1.82) is 0 Å². The van der Waals surface area contributed by atoms with E-state index in [9.17, 15) is 14.0 Å². The van der Waals surface area contributed by atoms with Crippen molar-refractivity contribution >= 4 is 11.8 Å². The van der Waals surface area contributed by atoms with E-state index in [4.69, 9.17) is 5.73 Å². The normalized spacial score (nSPS) is 19.7. The minimum Gasteiger partial charge on any atom is -0.326 e. The summed E-state index contributed by atoms with van der Waals surface area (Å²) in [5.74, 6) is -0.967. The lowest BCUT2D eigenvalue weighted by molar-refractivity contribution is -0.139. The molecule has 1 aliphatic heterocycles. The molecule has 1 atom stereocenters. The van der Waals surface area contributed by atoms with Crippen molar-refractivity contribution in [1.82, 2.24) is 4.90 Å². The van der Waals surface area contributed by atoms with Gasteiger partial charge in [-0.2, -0.15) is 0 Å². The fraction of sp³-hybridized carbons (Fsp3) is 0.385. The van der Waals surface area contributed by atoms with Crippen LogP contribution in [0.2, 0.25) is 0 Å². The van der Waals surface area contributed by atoms with E-state index >= 15 is 0 Å². The van der Waals surface area contributed by atoms with Crippen LogP contribution in [0.25, 0.3) is 0 Å². The lowest BCUT2D eigenvalue weighted by Gasteiger charge is -2.15. The van der Waals surface area contributed by atoms with Gasteiger partial charge in [0.1, 0.15) is 5.82 Å². The van der Waals surface area contributed by atoms with Crippen LogP contribution in [0, 0.1) is 11.7 Å². The average molecular weight is 250 g/mol. The lowest BCUT2D eigenvalue weighted by Crippen LogP contribution is -2.29. The molecule has 1 fully saturated rings. The van der Waals surface area contributed by atoms with Crippen LogP contribution >= 0.6 is 0 Å². The Balaban J connectivity index is 2.19. The minimum atomic E-state index is -0.367. The second-order valence-corrected chi connectivity index (χ2v) is 4.55. The van der Waals surface area contributed by atoms with Crippen LogP contribution in [0.15, 0.2) is 18.2 Å². The molecule has 4 nitrogen and oxygen atoms in total. The van der Waals surface area contributed by atoms with Gasteiger partial charge < -0.3 is 5.73 Å². The fourth-order valence-corrected chi connectivity index (χ4v) is 2.08. The predicted octanol–water partition coefficient (Wildman–Crippen LogP) is 1.18. The third kappa shape index (κ3) is 2.26. The highest BCUT2D eigenvalue weighted by Crippen LogP contribution is 2.21. The standard InChI is InChI=1S/C13H15FN2O2/c1-8-4-12(17)16(13(8)18)7-9-2-3-11(14)10(5-9)6-15/h2-3,5,8H,4,6-7,15H2,1H3. The Labute approximate surface area is 105 Å². The molecule has 1 heterocycles. The van der Waals surface area contributed by atoms with Gasteiger partial charge in [-0.25, -0.2) is 4.39 Å². The third-order valence-corrected chi connectivity index (χ3v) is 3.14. The highest BCUT2D eigenvalue weighted by Gasteiger charge is 2.35. The van der Waals surface area contributed by atoms with Gasteiger partial charge in [0.15, 0.2) is 0 Å². The molecule has 0 aromatic heterocycles. The van der Waals surface area contributed by atoms with E-state index in [2.05, 4.69) is 0 Å². The minimum absolute atomic E-state index is 0.0952. The van der Waals surface area contributed by atoms with Gasteiger partial charge in [0, 0.05) is 24.4 Å². The number of halogens is 1. The highest BCUT2D eigenvalue weighted by atomic mass is 19.1. The van der Waals surface area contributed by atoms with Gasteiger partial charge in [-0.15, -0.1) is 0 Å². The summed E-state index contributed by atoms with van der Waals surface area (Å²) in [7, 11) is 0. The van der Waals surface area contributed by atoms with Gasteiger partial charge in [-0.1, -0.05) is 13.0 Å². The van der Waals surface area contributed by atoms with Crippen molar-refractivity contribution in [3.05, 3.63) is 35.1 Å². The Morgan fingerprint density at radius 1 is 1.44 bits per heavy atom. The zero-order chi connectivity index (χ0) is 13.3. The molecule has 5 heteroatoms. The molecule has 0 bridgehead atoms. The van der Waals surface area contributed by atoms with Gasteiger partial charge >= 0.3 is 0 Å². The summed E-state index contributed by atoms with van der Waals surface area (Å²) in [6, 6.07) is 4.48. The molecule has 0 aliphatic carbocycles. The Morgan fingerprint density at radius 3 is 2.72 bits per heavy atom. The molecule has 2 amide bonds. The summed E-state index contributed by atoms with van der Waals surface area (Å²) >= 11 is 0. The number of imide groups is 1. The van der Waals surface area contributed by atoms with Crippen molar-refractivity contribution < 1.29 is 14.0 Å². The number of carbonyl (C=O) groups is 2. The number of rotatable bonds is 3. The monoisotopic (exact) mass is 250 g/mol. The number of nitrogens with zero attached hydrogens (tertiary/aromatic N) is 1. The first-order chi connectivity index (χ1) is 8.52. The lowest BCUT2D eigenvalue weighted by atomic mass is 10.1. The molecule has 0 saturated carbocycles. The van der Waals surface area contributed by atoms with Crippen LogP contribution in [0.5, 0.6) is 0 Å². The maximum absolute atomic E-state index is 13.3. The third-order valence-electron chi connectivity index (χ3n) is 3.14. The molecule has 1 saturated heterocycles. The van der Waals surface area contributed by atoms with E-state index in [1.165, 1.54) is 11.0 Å². The molecule has 0 spiro atoms. The van der Waals surface area contributed by atoms with Gasteiger partial charge in [-0.05, 0) is 17.7 Å². The number of likely N-dealkylation sites (tertiary alicyclic amines) is 1. The van der Waals surface area contributed by atoms with Crippen LogP contribution in [0.1, 0.15) is 24.5 Å². The van der Waals surface area contributed by atoms with Gasteiger partial charge in [0.25, 0.3) is 0 Å². The number of amides is 2. The topological polar surface area (TPSA) is 63.4 Å². The Morgan fingerprint density at radius 2 is 2.17 bits per heavy atom. The van der Waals surface area contributed by atoms with Gasteiger partial charge in [0.05, 0.1) is 6.54 Å². The van der Waals surface area contributed by atoms with Gasteiger partial charge in [0.2, 0.25) is 11.8 Å². The Bertz CT molecular complexity index is 502. The first-order valence-corrected chi connectivity index (χ1v) is 5.84. The number of hydrogen-bond donors (Lipinski definition) is 1. The molecule has 1 unspecified atom stereocenters. The van der Waals surface area contributed by atoms with Gasteiger partial charge in [-0.3, -0.25) is 14.5 Å². The smallest absolute Gasteiger partial charge is 0.232 e. The number of benzene rings is 1. The molecule has 2 N–H and O–H groups in total. The summed E-state index contributed by atoms with van der Waals surface area (Å²) in [6.07, 6.45) is 0.254. The SMILES string of the molecule is CC1CC(=O)N(Cc2ccc(F)c(CN)c2)C1=O. The molecular weight excluding hydrogens is 235 g/mol. The summed E-state index contributed by atoms with van der Waals surface area (Å²) in [5, 5.41) is 0. The number of carbonyl (C=O) groups excluding carboxylic acids is 2. The van der Waals surface area contributed by atoms with Crippen molar-refractivity contribution in [3.8, 4) is 0 Å². The average Bonchev–Trinajstić information content (AvgIpc) is 2.58. The summed E-state index contributed by atoms with van der Waals surface area (Å²) in [4.78, 5) is 24.6. The number of nitrogens with two attached hydrogens (primary N) is 1. The second kappa shape index (κ2) is 4.86. The van der Waals surface area contributed by atoms with Crippen molar-refractivity contribution in [2.45, 2.75) is 26.4 Å². The quantitative estimate of drug-likeness (QED) is 0.819. The Hall–Kier alpha value is -1.75. The van der Waals surface area contributed by atoms with Crippen molar-refractivity contribution in [2.24, 2.45) is 11.7 Å². The van der Waals surface area contributed by atoms with E-state index in [1.54, 1.807) is 19.1 Å². The van der Waals surface area contributed by atoms with E-state index in [-0.39, 0.29) is 43.1 Å². The second-order valence-electron chi connectivity index (χ2n) is 4.55. The van der Waals surface area contributed by atoms with Crippen LogP contribution < -0.4 is 5.73 Å². The summed E-state index contributed by atoms with van der Waals surface area (Å²) < 4.78 is 13.3. The largest absolute Gasteiger partial charge is 0.326 e. The molecule has 96 valence electrons. The molecule has 2 rings (SSSR count).